The van der Waals surface area contributed by atoms with Crippen LogP contribution in [0.2, 0.25) is 0 Å². The first-order valence-corrected chi connectivity index (χ1v) is 17.2. The summed E-state index contributed by atoms with van der Waals surface area (Å²) in [6.45, 7) is 15.5. The summed E-state index contributed by atoms with van der Waals surface area (Å²) in [7, 11) is 0. The van der Waals surface area contributed by atoms with Gasteiger partial charge in [-0.2, -0.15) is 0 Å². The molecule has 7 rings (SSSR count). The molecule has 0 atom stereocenters. The molecule has 226 valence electrons. The summed E-state index contributed by atoms with van der Waals surface area (Å²) in [5, 5.41) is 2.44. The highest BCUT2D eigenvalue weighted by Crippen LogP contribution is 2.51. The monoisotopic (exact) mass is 625 g/mol. The van der Waals surface area contributed by atoms with Crippen LogP contribution >= 0.6 is 22.7 Å². The summed E-state index contributed by atoms with van der Waals surface area (Å²) in [6, 6.07) is 40.3. The molecule has 0 aliphatic heterocycles. The Labute approximate surface area is 274 Å². The van der Waals surface area contributed by atoms with Crippen LogP contribution < -0.4 is 9.80 Å². The molecule has 0 aliphatic carbocycles. The van der Waals surface area contributed by atoms with Gasteiger partial charge in [-0.15, -0.1) is 22.7 Å². The van der Waals surface area contributed by atoms with Crippen molar-refractivity contribution >= 4 is 75.9 Å². The second kappa shape index (κ2) is 11.2. The highest BCUT2D eigenvalue weighted by molar-refractivity contribution is 7.31. The van der Waals surface area contributed by atoms with E-state index in [1.165, 1.54) is 75.4 Å². The van der Waals surface area contributed by atoms with Crippen LogP contribution in [0.3, 0.4) is 0 Å². The summed E-state index contributed by atoms with van der Waals surface area (Å²) < 4.78 is 5.22. The molecule has 4 aromatic carbocycles. The average Bonchev–Trinajstić information content (AvgIpc) is 3.68. The van der Waals surface area contributed by atoms with Gasteiger partial charge in [-0.3, -0.25) is 0 Å². The Morgan fingerprint density at radius 3 is 0.956 bits per heavy atom. The van der Waals surface area contributed by atoms with Crippen molar-refractivity contribution in [2.45, 2.75) is 54.0 Å². The minimum Gasteiger partial charge on any atom is -0.334 e. The van der Waals surface area contributed by atoms with Crippen molar-refractivity contribution in [1.29, 1.82) is 0 Å². The van der Waals surface area contributed by atoms with Crippen molar-refractivity contribution in [1.82, 2.24) is 4.57 Å². The number of hydrogen-bond donors (Lipinski definition) is 0. The van der Waals surface area contributed by atoms with Crippen molar-refractivity contribution in [3.63, 3.8) is 0 Å². The first-order valence-electron chi connectivity index (χ1n) is 15.5. The number of fused-ring (bicyclic) bond motifs is 3. The van der Waals surface area contributed by atoms with Crippen LogP contribution in [0.4, 0.5) is 32.8 Å². The standard InChI is InChI=1S/C40H39N3S2/c1-26-8-16-30(17-9-26)41(31-18-10-27(2)11-19-31)36-24-34-38(44-36)39-35(43(34)40(5,6)7)25-37(45-39)42(32-20-12-28(3)13-21-32)33-22-14-29(4)15-23-33/h8-25H,1-7H3. The lowest BCUT2D eigenvalue weighted by molar-refractivity contribution is 0.423. The summed E-state index contributed by atoms with van der Waals surface area (Å²) >= 11 is 3.77. The number of hydrogen-bond acceptors (Lipinski definition) is 4. The predicted molar refractivity (Wildman–Crippen MR) is 199 cm³/mol. The van der Waals surface area contributed by atoms with E-state index in [0.29, 0.717) is 0 Å². The lowest BCUT2D eigenvalue weighted by Gasteiger charge is -2.25. The number of nitrogens with zero attached hydrogens (tertiary/aromatic N) is 3. The van der Waals surface area contributed by atoms with E-state index in [9.17, 15) is 0 Å². The maximum atomic E-state index is 2.54. The molecule has 0 saturated carbocycles. The maximum Gasteiger partial charge on any atom is 0.103 e. The largest absolute Gasteiger partial charge is 0.334 e. The maximum absolute atomic E-state index is 2.54. The van der Waals surface area contributed by atoms with Gasteiger partial charge in [0.1, 0.15) is 10.0 Å². The van der Waals surface area contributed by atoms with Crippen molar-refractivity contribution in [3.8, 4) is 0 Å². The third kappa shape index (κ3) is 5.45. The molecule has 0 amide bonds. The molecule has 5 heteroatoms. The Balaban J connectivity index is 1.44. The smallest absolute Gasteiger partial charge is 0.103 e. The number of rotatable bonds is 6. The Morgan fingerprint density at radius 1 is 0.444 bits per heavy atom. The lowest BCUT2D eigenvalue weighted by atomic mass is 10.1. The fourth-order valence-electron chi connectivity index (χ4n) is 6.05. The van der Waals surface area contributed by atoms with Crippen LogP contribution in [0.1, 0.15) is 43.0 Å². The zero-order valence-electron chi connectivity index (χ0n) is 27.1. The molecule has 3 heterocycles. The van der Waals surface area contributed by atoms with Gasteiger partial charge in [-0.05, 0) is 109 Å². The van der Waals surface area contributed by atoms with Gasteiger partial charge in [-0.25, -0.2) is 0 Å². The Kier molecular flexibility index (Phi) is 7.34. The number of thiophene rings is 2. The second-order valence-electron chi connectivity index (χ2n) is 13.1. The SMILES string of the molecule is Cc1ccc(N(c2ccc(C)cc2)c2cc3c(s2)c2sc(N(c4ccc(C)cc4)c4ccc(C)cc4)cc2n3C(C)(C)C)cc1. The molecule has 3 aromatic heterocycles. The molecular weight excluding hydrogens is 587 g/mol. The van der Waals surface area contributed by atoms with Gasteiger partial charge in [0.15, 0.2) is 0 Å². The third-order valence-corrected chi connectivity index (χ3v) is 10.8. The van der Waals surface area contributed by atoms with E-state index < -0.39 is 0 Å². The summed E-state index contributed by atoms with van der Waals surface area (Å²) in [5.41, 5.74) is 12.2. The molecule has 45 heavy (non-hydrogen) atoms. The summed E-state index contributed by atoms with van der Waals surface area (Å²) in [5.74, 6) is 0. The first kappa shape index (κ1) is 29.4. The molecule has 7 aromatic rings. The minimum atomic E-state index is -0.103. The van der Waals surface area contributed by atoms with E-state index in [-0.39, 0.29) is 5.54 Å². The normalized spacial score (nSPS) is 11.9. The Hall–Kier alpha value is -4.32. The first-order chi connectivity index (χ1) is 21.6. The van der Waals surface area contributed by atoms with E-state index in [0.717, 1.165) is 0 Å². The molecule has 0 fully saturated rings. The molecular formula is C40H39N3S2. The number of aryl methyl sites for hydroxylation is 4. The highest BCUT2D eigenvalue weighted by Gasteiger charge is 2.28. The van der Waals surface area contributed by atoms with Crippen LogP contribution in [0, 0.1) is 27.7 Å². The number of anilines is 6. The molecule has 0 radical (unpaired) electrons. The summed E-state index contributed by atoms with van der Waals surface area (Å²) in [4.78, 5) is 4.81. The second-order valence-corrected chi connectivity index (χ2v) is 15.2. The van der Waals surface area contributed by atoms with Gasteiger partial charge >= 0.3 is 0 Å². The van der Waals surface area contributed by atoms with E-state index in [2.05, 4.69) is 172 Å². The molecule has 0 spiro atoms. The Morgan fingerprint density at radius 2 is 0.711 bits per heavy atom. The van der Waals surface area contributed by atoms with E-state index in [1.54, 1.807) is 0 Å². The molecule has 3 nitrogen and oxygen atoms in total. The van der Waals surface area contributed by atoms with E-state index >= 15 is 0 Å². The number of aromatic nitrogens is 1. The van der Waals surface area contributed by atoms with Crippen LogP contribution in [-0.2, 0) is 5.54 Å². The van der Waals surface area contributed by atoms with Gasteiger partial charge in [0.2, 0.25) is 0 Å². The fraction of sp³-hybridized carbons (Fsp3) is 0.200. The quantitative estimate of drug-likeness (QED) is 0.182. The van der Waals surface area contributed by atoms with Crippen molar-refractivity contribution in [2.75, 3.05) is 9.80 Å². The van der Waals surface area contributed by atoms with Crippen LogP contribution in [-0.4, -0.2) is 4.57 Å². The predicted octanol–water partition coefficient (Wildman–Crippen LogP) is 12.8. The lowest BCUT2D eigenvalue weighted by Crippen LogP contribution is -2.21. The zero-order valence-corrected chi connectivity index (χ0v) is 28.7. The van der Waals surface area contributed by atoms with E-state index in [4.69, 9.17) is 0 Å². The van der Waals surface area contributed by atoms with Gasteiger partial charge in [0.05, 0.1) is 20.4 Å². The molecule has 0 N–H and O–H groups in total. The third-order valence-electron chi connectivity index (χ3n) is 8.37. The van der Waals surface area contributed by atoms with Gasteiger partial charge < -0.3 is 14.4 Å². The van der Waals surface area contributed by atoms with Crippen LogP contribution in [0.5, 0.6) is 0 Å². The van der Waals surface area contributed by atoms with Crippen LogP contribution in [0.15, 0.2) is 109 Å². The highest BCUT2D eigenvalue weighted by atomic mass is 32.1. The number of benzene rings is 4. The van der Waals surface area contributed by atoms with Gasteiger partial charge in [-0.1, -0.05) is 70.8 Å². The average molecular weight is 626 g/mol. The van der Waals surface area contributed by atoms with Crippen molar-refractivity contribution in [3.05, 3.63) is 131 Å². The summed E-state index contributed by atoms with van der Waals surface area (Å²) in [6.07, 6.45) is 0. The van der Waals surface area contributed by atoms with Crippen LogP contribution in [0.25, 0.3) is 20.4 Å². The van der Waals surface area contributed by atoms with Gasteiger partial charge in [0, 0.05) is 28.3 Å². The molecule has 0 saturated heterocycles. The Bertz CT molecular complexity index is 1860. The topological polar surface area (TPSA) is 11.4 Å². The van der Waals surface area contributed by atoms with E-state index in [1.807, 2.05) is 22.7 Å². The van der Waals surface area contributed by atoms with Gasteiger partial charge in [0.25, 0.3) is 0 Å². The molecule has 0 unspecified atom stereocenters. The fourth-order valence-corrected chi connectivity index (χ4v) is 8.57. The molecule has 0 aliphatic rings. The zero-order chi connectivity index (χ0) is 31.5. The minimum absolute atomic E-state index is 0.103. The van der Waals surface area contributed by atoms with Crippen molar-refractivity contribution in [2.24, 2.45) is 0 Å². The molecule has 0 bridgehead atoms. The van der Waals surface area contributed by atoms with Crippen molar-refractivity contribution < 1.29 is 0 Å².